The van der Waals surface area contributed by atoms with Crippen molar-refractivity contribution in [3.05, 3.63) is 89.0 Å². The number of nitrogens with zero attached hydrogens (tertiary/aromatic N) is 4. The van der Waals surface area contributed by atoms with Crippen LogP contribution in [0.2, 0.25) is 0 Å². The van der Waals surface area contributed by atoms with E-state index in [1.165, 1.54) is 12.1 Å². The van der Waals surface area contributed by atoms with Crippen molar-refractivity contribution in [2.24, 2.45) is 10.2 Å². The summed E-state index contributed by atoms with van der Waals surface area (Å²) in [7, 11) is 0. The molecule has 4 rings (SSSR count). The molecule has 0 atom stereocenters. The van der Waals surface area contributed by atoms with Gasteiger partial charge in [-0.25, -0.2) is 4.79 Å². The van der Waals surface area contributed by atoms with Crippen LogP contribution in [0.5, 0.6) is 0 Å². The van der Waals surface area contributed by atoms with E-state index in [1.807, 2.05) is 30.3 Å². The Hall–Kier alpha value is -4.33. The molecule has 0 unspecified atom stereocenters. The van der Waals surface area contributed by atoms with Crippen LogP contribution in [-0.4, -0.2) is 22.1 Å². The molecule has 1 heterocycles. The lowest BCUT2D eigenvalue weighted by atomic mass is 10.1. The maximum atomic E-state index is 11.5. The van der Waals surface area contributed by atoms with Gasteiger partial charge in [0.1, 0.15) is 0 Å². The number of esters is 1. The van der Waals surface area contributed by atoms with E-state index in [1.54, 1.807) is 19.1 Å². The number of ether oxygens (including phenoxy) is 1. The number of hydrogen-bond acceptors (Lipinski definition) is 6. The normalized spacial score (nSPS) is 11.3. The van der Waals surface area contributed by atoms with Crippen molar-refractivity contribution in [2.75, 3.05) is 6.61 Å². The standard InChI is InChI=1S/C27H26N4O4/c1-19(2)27(32)35-17-7-3-6-16-30-25-9-5-4-8-23(25)24-18-21(12-15-26(24)30)29-28-20-10-13-22(14-11-20)31(33)34/h4-5,8-15,18H,1,3,6-7,16-17H2,2H3. The molecule has 0 spiro atoms. The fourth-order valence-electron chi connectivity index (χ4n) is 3.94. The molecular weight excluding hydrogens is 444 g/mol. The molecule has 8 heteroatoms. The molecule has 0 saturated carbocycles. The molecule has 3 aromatic carbocycles. The van der Waals surface area contributed by atoms with Gasteiger partial charge in [0, 0.05) is 46.1 Å². The summed E-state index contributed by atoms with van der Waals surface area (Å²) in [6.07, 6.45) is 2.71. The van der Waals surface area contributed by atoms with E-state index >= 15 is 0 Å². The molecule has 178 valence electrons. The van der Waals surface area contributed by atoms with Crippen molar-refractivity contribution >= 4 is 44.8 Å². The van der Waals surface area contributed by atoms with Gasteiger partial charge in [0.05, 0.1) is 22.9 Å². The molecule has 0 fully saturated rings. The first-order chi connectivity index (χ1) is 16.9. The lowest BCUT2D eigenvalue weighted by molar-refractivity contribution is -0.384. The van der Waals surface area contributed by atoms with Crippen LogP contribution in [0.4, 0.5) is 17.1 Å². The number of benzene rings is 3. The van der Waals surface area contributed by atoms with Gasteiger partial charge < -0.3 is 9.30 Å². The molecule has 0 aliphatic carbocycles. The van der Waals surface area contributed by atoms with Gasteiger partial charge in [-0.1, -0.05) is 24.8 Å². The van der Waals surface area contributed by atoms with E-state index in [0.717, 1.165) is 47.6 Å². The van der Waals surface area contributed by atoms with E-state index in [0.29, 0.717) is 23.6 Å². The summed E-state index contributed by atoms with van der Waals surface area (Å²) in [5.41, 5.74) is 3.97. The van der Waals surface area contributed by atoms with Gasteiger partial charge in [0.15, 0.2) is 0 Å². The Bertz CT molecular complexity index is 1420. The second kappa shape index (κ2) is 10.7. The molecule has 0 saturated heterocycles. The number of aryl methyl sites for hydroxylation is 1. The maximum absolute atomic E-state index is 11.5. The Balaban J connectivity index is 1.49. The smallest absolute Gasteiger partial charge is 0.333 e. The third-order valence-corrected chi connectivity index (χ3v) is 5.71. The van der Waals surface area contributed by atoms with Crippen molar-refractivity contribution in [3.8, 4) is 0 Å². The topological polar surface area (TPSA) is 99.1 Å². The number of non-ortho nitro benzene ring substituents is 1. The Morgan fingerprint density at radius 3 is 2.37 bits per heavy atom. The second-order valence-electron chi connectivity index (χ2n) is 8.32. The quantitative estimate of drug-likeness (QED) is 0.0601. The Labute approximate surface area is 202 Å². The van der Waals surface area contributed by atoms with Gasteiger partial charge in [-0.05, 0) is 62.6 Å². The van der Waals surface area contributed by atoms with E-state index < -0.39 is 4.92 Å². The number of rotatable bonds is 10. The number of carbonyl (C=O) groups is 1. The van der Waals surface area contributed by atoms with Gasteiger partial charge in [0.25, 0.3) is 5.69 Å². The summed E-state index contributed by atoms with van der Waals surface area (Å²) in [5, 5.41) is 21.6. The predicted molar refractivity (Wildman–Crippen MR) is 136 cm³/mol. The van der Waals surface area contributed by atoms with E-state index in [9.17, 15) is 14.9 Å². The molecule has 35 heavy (non-hydrogen) atoms. The summed E-state index contributed by atoms with van der Waals surface area (Å²) in [6, 6.07) is 20.2. The number of para-hydroxylation sites is 1. The molecule has 8 nitrogen and oxygen atoms in total. The number of nitro groups is 1. The predicted octanol–water partition coefficient (Wildman–Crippen LogP) is 7.41. The summed E-state index contributed by atoms with van der Waals surface area (Å²) in [4.78, 5) is 21.9. The number of azo groups is 1. The molecule has 0 bridgehead atoms. The van der Waals surface area contributed by atoms with Crippen LogP contribution in [0, 0.1) is 10.1 Å². The van der Waals surface area contributed by atoms with Crippen molar-refractivity contribution < 1.29 is 14.5 Å². The molecular formula is C27H26N4O4. The molecule has 0 N–H and O–H groups in total. The van der Waals surface area contributed by atoms with Crippen molar-refractivity contribution in [2.45, 2.75) is 32.7 Å². The van der Waals surface area contributed by atoms with Crippen LogP contribution in [0.1, 0.15) is 26.2 Å². The first-order valence-corrected chi connectivity index (χ1v) is 11.4. The third-order valence-electron chi connectivity index (χ3n) is 5.71. The van der Waals surface area contributed by atoms with Crippen molar-refractivity contribution in [3.63, 3.8) is 0 Å². The van der Waals surface area contributed by atoms with Crippen LogP contribution in [-0.2, 0) is 16.1 Å². The lowest BCUT2D eigenvalue weighted by Gasteiger charge is -2.08. The maximum Gasteiger partial charge on any atom is 0.333 e. The molecule has 0 aliphatic heterocycles. The average molecular weight is 471 g/mol. The fraction of sp³-hybridized carbons (Fsp3) is 0.222. The summed E-state index contributed by atoms with van der Waals surface area (Å²) in [5.74, 6) is -0.339. The van der Waals surface area contributed by atoms with Crippen molar-refractivity contribution in [1.29, 1.82) is 0 Å². The Morgan fingerprint density at radius 2 is 1.63 bits per heavy atom. The van der Waals surface area contributed by atoms with Gasteiger partial charge in [-0.3, -0.25) is 10.1 Å². The van der Waals surface area contributed by atoms with Crippen molar-refractivity contribution in [1.82, 2.24) is 4.57 Å². The summed E-state index contributed by atoms with van der Waals surface area (Å²) < 4.78 is 7.48. The number of unbranched alkanes of at least 4 members (excludes halogenated alkanes) is 2. The molecule has 0 aliphatic rings. The zero-order chi connectivity index (χ0) is 24.8. The molecule has 0 radical (unpaired) electrons. The van der Waals surface area contributed by atoms with E-state index in [-0.39, 0.29) is 11.7 Å². The van der Waals surface area contributed by atoms with Crippen LogP contribution in [0.25, 0.3) is 21.8 Å². The monoisotopic (exact) mass is 470 g/mol. The average Bonchev–Trinajstić information content (AvgIpc) is 3.18. The third kappa shape index (κ3) is 5.60. The number of fused-ring (bicyclic) bond motifs is 3. The fourth-order valence-corrected chi connectivity index (χ4v) is 3.94. The second-order valence-corrected chi connectivity index (χ2v) is 8.32. The van der Waals surface area contributed by atoms with Crippen LogP contribution in [0.15, 0.2) is 89.1 Å². The minimum atomic E-state index is -0.441. The minimum Gasteiger partial charge on any atom is -0.462 e. The highest BCUT2D eigenvalue weighted by molar-refractivity contribution is 6.08. The van der Waals surface area contributed by atoms with Crippen LogP contribution >= 0.6 is 0 Å². The largest absolute Gasteiger partial charge is 0.462 e. The van der Waals surface area contributed by atoms with E-state index in [2.05, 4.69) is 33.5 Å². The summed E-state index contributed by atoms with van der Waals surface area (Å²) in [6.45, 7) is 6.49. The zero-order valence-electron chi connectivity index (χ0n) is 19.5. The van der Waals surface area contributed by atoms with Crippen LogP contribution < -0.4 is 0 Å². The number of carbonyl (C=O) groups excluding carboxylic acids is 1. The van der Waals surface area contributed by atoms with Gasteiger partial charge in [-0.2, -0.15) is 10.2 Å². The van der Waals surface area contributed by atoms with Crippen LogP contribution in [0.3, 0.4) is 0 Å². The first-order valence-electron chi connectivity index (χ1n) is 11.4. The van der Waals surface area contributed by atoms with Gasteiger partial charge in [-0.15, -0.1) is 0 Å². The lowest BCUT2D eigenvalue weighted by Crippen LogP contribution is -2.06. The highest BCUT2D eigenvalue weighted by atomic mass is 16.6. The van der Waals surface area contributed by atoms with Gasteiger partial charge >= 0.3 is 5.97 Å². The number of aromatic nitrogens is 1. The highest BCUT2D eigenvalue weighted by Crippen LogP contribution is 2.33. The first kappa shape index (κ1) is 23.8. The number of hydrogen-bond donors (Lipinski definition) is 0. The highest BCUT2D eigenvalue weighted by Gasteiger charge is 2.11. The SMILES string of the molecule is C=C(C)C(=O)OCCCCCn1c2ccccc2c2cc(N=Nc3ccc([N+](=O)[O-])cc3)ccc21. The minimum absolute atomic E-state index is 0.0195. The number of nitro benzene ring substituents is 1. The Morgan fingerprint density at radius 1 is 0.943 bits per heavy atom. The summed E-state index contributed by atoms with van der Waals surface area (Å²) >= 11 is 0. The zero-order valence-corrected chi connectivity index (χ0v) is 19.5. The molecule has 0 amide bonds. The van der Waals surface area contributed by atoms with Gasteiger partial charge in [0.2, 0.25) is 0 Å². The Kier molecular flexibility index (Phi) is 7.30. The molecule has 4 aromatic rings. The molecule has 1 aromatic heterocycles. The van der Waals surface area contributed by atoms with E-state index in [4.69, 9.17) is 4.74 Å².